The highest BCUT2D eigenvalue weighted by Crippen LogP contribution is 2.37. The normalized spacial score (nSPS) is 27.8. The molecule has 2 aliphatic rings. The summed E-state index contributed by atoms with van der Waals surface area (Å²) < 4.78 is 0. The van der Waals surface area contributed by atoms with Crippen molar-refractivity contribution in [1.29, 1.82) is 0 Å². The molecule has 0 bridgehead atoms. The molecule has 104 valence electrons. The third kappa shape index (κ3) is 2.86. The Bertz CT molecular complexity index is 288. The molecule has 4 heteroatoms. The largest absolute Gasteiger partial charge is 0.396 e. The Morgan fingerprint density at radius 1 is 1.39 bits per heavy atom. The molecule has 1 saturated carbocycles. The molecular formula is C14H26N2O2. The lowest BCUT2D eigenvalue weighted by atomic mass is 9.74. The summed E-state index contributed by atoms with van der Waals surface area (Å²) in [6, 6.07) is 0.00864. The lowest BCUT2D eigenvalue weighted by molar-refractivity contribution is -0.131. The second kappa shape index (κ2) is 6.02. The smallest absolute Gasteiger partial charge is 0.239 e. The molecule has 1 saturated heterocycles. The van der Waals surface area contributed by atoms with Crippen LogP contribution in [0.2, 0.25) is 0 Å². The predicted molar refractivity (Wildman–Crippen MR) is 71.3 cm³/mol. The fraction of sp³-hybridized carbons (Fsp3) is 0.929. The molecule has 1 amide bonds. The molecule has 2 N–H and O–H groups in total. The van der Waals surface area contributed by atoms with Gasteiger partial charge in [-0.1, -0.05) is 26.2 Å². The molecule has 0 spiro atoms. The SMILES string of the molecule is CCNC1CCN(CC2(CO)CCCCC2)C1=O. The standard InChI is InChI=1S/C14H26N2O2/c1-2-15-12-6-9-16(13(12)18)10-14(11-17)7-4-3-5-8-14/h12,15,17H,2-11H2,1H3. The highest BCUT2D eigenvalue weighted by molar-refractivity contribution is 5.84. The molecule has 0 aromatic rings. The number of aliphatic hydroxyl groups is 1. The maximum atomic E-state index is 12.2. The van der Waals surface area contributed by atoms with Gasteiger partial charge in [-0.25, -0.2) is 0 Å². The van der Waals surface area contributed by atoms with Gasteiger partial charge in [-0.3, -0.25) is 4.79 Å². The van der Waals surface area contributed by atoms with Gasteiger partial charge >= 0.3 is 0 Å². The Morgan fingerprint density at radius 2 is 2.11 bits per heavy atom. The Morgan fingerprint density at radius 3 is 2.72 bits per heavy atom. The van der Waals surface area contributed by atoms with Gasteiger partial charge in [0.15, 0.2) is 0 Å². The van der Waals surface area contributed by atoms with Crippen molar-refractivity contribution in [1.82, 2.24) is 10.2 Å². The average Bonchev–Trinajstić information content (AvgIpc) is 2.73. The van der Waals surface area contributed by atoms with E-state index in [4.69, 9.17) is 0 Å². The van der Waals surface area contributed by atoms with Gasteiger partial charge in [-0.05, 0) is 25.8 Å². The van der Waals surface area contributed by atoms with Crippen molar-refractivity contribution in [3.05, 3.63) is 0 Å². The number of likely N-dealkylation sites (tertiary alicyclic amines) is 1. The van der Waals surface area contributed by atoms with Gasteiger partial charge in [0.25, 0.3) is 0 Å². The zero-order valence-corrected chi connectivity index (χ0v) is 11.5. The minimum Gasteiger partial charge on any atom is -0.396 e. The van der Waals surface area contributed by atoms with Crippen LogP contribution in [-0.2, 0) is 4.79 Å². The summed E-state index contributed by atoms with van der Waals surface area (Å²) in [4.78, 5) is 14.2. The number of carbonyl (C=O) groups excluding carboxylic acids is 1. The monoisotopic (exact) mass is 254 g/mol. The highest BCUT2D eigenvalue weighted by atomic mass is 16.3. The third-order valence-electron chi connectivity index (χ3n) is 4.52. The fourth-order valence-electron chi connectivity index (χ4n) is 3.40. The number of hydrogen-bond acceptors (Lipinski definition) is 3. The maximum Gasteiger partial charge on any atom is 0.239 e. The maximum absolute atomic E-state index is 12.2. The predicted octanol–water partition coefficient (Wildman–Crippen LogP) is 1.14. The molecule has 1 aliphatic heterocycles. The van der Waals surface area contributed by atoms with Crippen LogP contribution < -0.4 is 5.32 Å². The molecule has 18 heavy (non-hydrogen) atoms. The number of aliphatic hydroxyl groups excluding tert-OH is 1. The highest BCUT2D eigenvalue weighted by Gasteiger charge is 2.38. The van der Waals surface area contributed by atoms with E-state index in [2.05, 4.69) is 5.32 Å². The van der Waals surface area contributed by atoms with E-state index >= 15 is 0 Å². The van der Waals surface area contributed by atoms with E-state index in [-0.39, 0.29) is 24.0 Å². The van der Waals surface area contributed by atoms with Gasteiger partial charge in [-0.2, -0.15) is 0 Å². The number of carbonyl (C=O) groups is 1. The van der Waals surface area contributed by atoms with E-state index in [0.29, 0.717) is 0 Å². The zero-order valence-electron chi connectivity index (χ0n) is 11.5. The van der Waals surface area contributed by atoms with Gasteiger partial charge in [0.05, 0.1) is 12.6 Å². The van der Waals surface area contributed by atoms with Gasteiger partial charge < -0.3 is 15.3 Å². The fourth-order valence-corrected chi connectivity index (χ4v) is 3.40. The first-order valence-corrected chi connectivity index (χ1v) is 7.34. The van der Waals surface area contributed by atoms with Crippen LogP contribution in [0.4, 0.5) is 0 Å². The number of likely N-dealkylation sites (N-methyl/N-ethyl adjacent to an activating group) is 1. The van der Waals surface area contributed by atoms with Gasteiger partial charge in [-0.15, -0.1) is 0 Å². The second-order valence-corrected chi connectivity index (χ2v) is 5.88. The van der Waals surface area contributed by atoms with Crippen LogP contribution in [0.3, 0.4) is 0 Å². The molecule has 1 atom stereocenters. The molecule has 2 rings (SSSR count). The lowest BCUT2D eigenvalue weighted by Gasteiger charge is -2.38. The van der Waals surface area contributed by atoms with Crippen LogP contribution in [0.25, 0.3) is 0 Å². The van der Waals surface area contributed by atoms with Crippen molar-refractivity contribution in [3.63, 3.8) is 0 Å². The van der Waals surface area contributed by atoms with E-state index < -0.39 is 0 Å². The van der Waals surface area contributed by atoms with E-state index in [9.17, 15) is 9.90 Å². The van der Waals surface area contributed by atoms with E-state index in [1.165, 1.54) is 19.3 Å². The molecule has 0 radical (unpaired) electrons. The first-order chi connectivity index (χ1) is 8.71. The summed E-state index contributed by atoms with van der Waals surface area (Å²) in [5, 5.41) is 12.9. The molecule has 0 aromatic carbocycles. The molecule has 1 aliphatic carbocycles. The first kappa shape index (κ1) is 13.8. The molecule has 4 nitrogen and oxygen atoms in total. The molecular weight excluding hydrogens is 228 g/mol. The topological polar surface area (TPSA) is 52.6 Å². The lowest BCUT2D eigenvalue weighted by Crippen LogP contribution is -2.45. The van der Waals surface area contributed by atoms with Crippen LogP contribution >= 0.6 is 0 Å². The Balaban J connectivity index is 1.94. The molecule has 1 unspecified atom stereocenters. The minimum absolute atomic E-state index is 0.00864. The Kier molecular flexibility index (Phi) is 4.62. The van der Waals surface area contributed by atoms with Crippen molar-refractivity contribution < 1.29 is 9.90 Å². The summed E-state index contributed by atoms with van der Waals surface area (Å²) in [5.74, 6) is 0.232. The van der Waals surface area contributed by atoms with Crippen LogP contribution in [0.15, 0.2) is 0 Å². The number of amides is 1. The summed E-state index contributed by atoms with van der Waals surface area (Å²) in [5.41, 5.74) is -0.0188. The number of nitrogens with zero attached hydrogens (tertiary/aromatic N) is 1. The number of rotatable bonds is 5. The average molecular weight is 254 g/mol. The summed E-state index contributed by atoms with van der Waals surface area (Å²) >= 11 is 0. The van der Waals surface area contributed by atoms with Crippen molar-refractivity contribution in [3.8, 4) is 0 Å². The summed E-state index contributed by atoms with van der Waals surface area (Å²) in [6.45, 7) is 4.70. The van der Waals surface area contributed by atoms with Gasteiger partial charge in [0.1, 0.15) is 0 Å². The van der Waals surface area contributed by atoms with E-state index in [1.807, 2.05) is 11.8 Å². The Labute approximate surface area is 110 Å². The second-order valence-electron chi connectivity index (χ2n) is 5.88. The zero-order chi connectivity index (χ0) is 13.0. The van der Waals surface area contributed by atoms with Gasteiger partial charge in [0, 0.05) is 18.5 Å². The van der Waals surface area contributed by atoms with E-state index in [1.54, 1.807) is 0 Å². The van der Waals surface area contributed by atoms with Crippen LogP contribution in [0.1, 0.15) is 45.4 Å². The molecule has 0 aromatic heterocycles. The quantitative estimate of drug-likeness (QED) is 0.773. The van der Waals surface area contributed by atoms with Crippen molar-refractivity contribution in [2.24, 2.45) is 5.41 Å². The van der Waals surface area contributed by atoms with E-state index in [0.717, 1.165) is 38.9 Å². The molecule has 1 heterocycles. The Hall–Kier alpha value is -0.610. The first-order valence-electron chi connectivity index (χ1n) is 7.34. The van der Waals surface area contributed by atoms with Gasteiger partial charge in [0.2, 0.25) is 5.91 Å². The third-order valence-corrected chi connectivity index (χ3v) is 4.52. The van der Waals surface area contributed by atoms with Crippen molar-refractivity contribution in [2.75, 3.05) is 26.2 Å². The summed E-state index contributed by atoms with van der Waals surface area (Å²) in [7, 11) is 0. The van der Waals surface area contributed by atoms with Crippen molar-refractivity contribution >= 4 is 5.91 Å². The minimum atomic E-state index is -0.0188. The molecule has 2 fully saturated rings. The van der Waals surface area contributed by atoms with Crippen molar-refractivity contribution in [2.45, 2.75) is 51.5 Å². The van der Waals surface area contributed by atoms with Crippen LogP contribution in [-0.4, -0.2) is 48.2 Å². The van der Waals surface area contributed by atoms with Crippen LogP contribution in [0.5, 0.6) is 0 Å². The van der Waals surface area contributed by atoms with Crippen LogP contribution in [0, 0.1) is 5.41 Å². The summed E-state index contributed by atoms with van der Waals surface area (Å²) in [6.07, 6.45) is 6.71. The number of hydrogen-bond donors (Lipinski definition) is 2. The number of nitrogens with one attached hydrogen (secondary N) is 1.